The second-order valence-electron chi connectivity index (χ2n) is 7.66. The van der Waals surface area contributed by atoms with Crippen molar-refractivity contribution in [2.24, 2.45) is 0 Å². The topological polar surface area (TPSA) is 105 Å². The fourth-order valence-corrected chi connectivity index (χ4v) is 3.90. The molecule has 0 spiro atoms. The average Bonchev–Trinajstić information content (AvgIpc) is 3.54. The number of hydrogen-bond donors (Lipinski definition) is 2. The van der Waals surface area contributed by atoms with Gasteiger partial charge in [0, 0.05) is 29.6 Å². The van der Waals surface area contributed by atoms with Gasteiger partial charge in [0.1, 0.15) is 5.69 Å². The summed E-state index contributed by atoms with van der Waals surface area (Å²) in [7, 11) is 0. The molecule has 0 unspecified atom stereocenters. The zero-order valence-electron chi connectivity index (χ0n) is 17.6. The zero-order valence-corrected chi connectivity index (χ0v) is 17.6. The van der Waals surface area contributed by atoms with Crippen LogP contribution in [-0.4, -0.2) is 29.3 Å². The summed E-state index contributed by atoms with van der Waals surface area (Å²) in [6.07, 6.45) is 2.84. The minimum absolute atomic E-state index is 0.0396. The minimum atomic E-state index is -0.486. The molecule has 0 atom stereocenters. The Labute approximate surface area is 189 Å². The molecular weight excluding hydrogens is 420 g/mol. The zero-order chi connectivity index (χ0) is 22.8. The Morgan fingerprint density at radius 3 is 2.58 bits per heavy atom. The molecule has 0 bridgehead atoms. The van der Waals surface area contributed by atoms with Gasteiger partial charge in [-0.25, -0.2) is 4.98 Å². The first-order valence-corrected chi connectivity index (χ1v) is 10.5. The molecule has 2 aromatic carbocycles. The number of hydrazine groups is 1. The maximum absolute atomic E-state index is 13.0. The molecule has 0 radical (unpaired) electrons. The van der Waals surface area contributed by atoms with E-state index in [1.165, 1.54) is 6.26 Å². The molecule has 0 aliphatic carbocycles. The van der Waals surface area contributed by atoms with Crippen LogP contribution in [0.4, 0.5) is 5.69 Å². The van der Waals surface area contributed by atoms with Gasteiger partial charge in [0.2, 0.25) is 5.91 Å². The summed E-state index contributed by atoms with van der Waals surface area (Å²) in [5, 5.41) is 0.647. The minimum Gasteiger partial charge on any atom is -0.463 e. The van der Waals surface area contributed by atoms with Gasteiger partial charge in [-0.1, -0.05) is 24.3 Å². The van der Waals surface area contributed by atoms with E-state index in [0.29, 0.717) is 52.1 Å². The first-order valence-electron chi connectivity index (χ1n) is 10.5. The van der Waals surface area contributed by atoms with E-state index in [2.05, 4.69) is 15.8 Å². The molecule has 1 aliphatic heterocycles. The first-order chi connectivity index (χ1) is 16.1. The van der Waals surface area contributed by atoms with Crippen molar-refractivity contribution < 1.29 is 18.8 Å². The Bertz CT molecular complexity index is 1360. The molecule has 4 aromatic rings. The predicted molar refractivity (Wildman–Crippen MR) is 122 cm³/mol. The van der Waals surface area contributed by atoms with E-state index in [0.717, 1.165) is 6.42 Å². The largest absolute Gasteiger partial charge is 0.463 e. The lowest BCUT2D eigenvalue weighted by Crippen LogP contribution is -2.41. The van der Waals surface area contributed by atoms with E-state index in [9.17, 15) is 14.4 Å². The summed E-state index contributed by atoms with van der Waals surface area (Å²) in [6, 6.07) is 19.2. The van der Waals surface area contributed by atoms with E-state index in [1.54, 1.807) is 53.4 Å². The van der Waals surface area contributed by atoms with Crippen LogP contribution >= 0.6 is 0 Å². The highest BCUT2D eigenvalue weighted by Gasteiger charge is 2.22. The van der Waals surface area contributed by atoms with Crippen molar-refractivity contribution in [2.75, 3.05) is 11.4 Å². The second-order valence-corrected chi connectivity index (χ2v) is 7.66. The van der Waals surface area contributed by atoms with Crippen molar-refractivity contribution in [1.82, 2.24) is 15.8 Å². The number of para-hydroxylation sites is 1. The number of aromatic nitrogens is 1. The predicted octanol–water partition coefficient (Wildman–Crippen LogP) is 3.70. The molecule has 2 N–H and O–H groups in total. The Morgan fingerprint density at radius 1 is 0.939 bits per heavy atom. The van der Waals surface area contributed by atoms with Crippen LogP contribution in [0.5, 0.6) is 0 Å². The highest BCUT2D eigenvalue weighted by molar-refractivity contribution is 6.08. The number of amides is 3. The summed E-state index contributed by atoms with van der Waals surface area (Å²) in [5.41, 5.74) is 7.44. The number of fused-ring (bicyclic) bond motifs is 1. The standard InChI is InChI=1S/C25H20N4O4/c30-23-11-4-12-29(23)17-7-3-6-16(14-17)24(31)27-28-25(32)19-15-21(22-10-5-13-33-22)26-20-9-2-1-8-18(19)20/h1-3,5-10,13-15H,4,11-12H2,(H,27,31)(H,28,32). The number of anilines is 1. The Morgan fingerprint density at radius 2 is 1.79 bits per heavy atom. The maximum Gasteiger partial charge on any atom is 0.270 e. The lowest BCUT2D eigenvalue weighted by molar-refractivity contribution is -0.117. The Kier molecular flexibility index (Phi) is 5.32. The van der Waals surface area contributed by atoms with Crippen molar-refractivity contribution in [3.63, 3.8) is 0 Å². The highest BCUT2D eigenvalue weighted by atomic mass is 16.3. The molecule has 8 heteroatoms. The van der Waals surface area contributed by atoms with Crippen LogP contribution in [0.25, 0.3) is 22.4 Å². The fraction of sp³-hybridized carbons (Fsp3) is 0.120. The van der Waals surface area contributed by atoms with Crippen LogP contribution in [0, 0.1) is 0 Å². The molecule has 1 fully saturated rings. The van der Waals surface area contributed by atoms with Crippen molar-refractivity contribution in [2.45, 2.75) is 12.8 Å². The first kappa shape index (κ1) is 20.4. The average molecular weight is 440 g/mol. The second kappa shape index (κ2) is 8.58. The van der Waals surface area contributed by atoms with Gasteiger partial charge in [-0.2, -0.15) is 0 Å². The van der Waals surface area contributed by atoms with E-state index >= 15 is 0 Å². The number of carbonyl (C=O) groups excluding carboxylic acids is 3. The van der Waals surface area contributed by atoms with Gasteiger partial charge in [-0.15, -0.1) is 0 Å². The molecule has 0 saturated carbocycles. The number of benzene rings is 2. The number of pyridine rings is 1. The molecule has 1 saturated heterocycles. The molecule has 3 heterocycles. The van der Waals surface area contributed by atoms with Gasteiger partial charge in [-0.3, -0.25) is 25.2 Å². The van der Waals surface area contributed by atoms with E-state index in [4.69, 9.17) is 4.42 Å². The highest BCUT2D eigenvalue weighted by Crippen LogP contribution is 2.25. The number of furan rings is 1. The van der Waals surface area contributed by atoms with Crippen molar-refractivity contribution in [3.05, 3.63) is 84.1 Å². The van der Waals surface area contributed by atoms with Crippen LogP contribution in [-0.2, 0) is 4.79 Å². The quantitative estimate of drug-likeness (QED) is 0.471. The van der Waals surface area contributed by atoms with E-state index in [-0.39, 0.29) is 5.91 Å². The summed E-state index contributed by atoms with van der Waals surface area (Å²) < 4.78 is 5.43. The molecule has 2 aromatic heterocycles. The number of nitrogens with zero attached hydrogens (tertiary/aromatic N) is 2. The van der Waals surface area contributed by atoms with Crippen LogP contribution in [0.15, 0.2) is 77.4 Å². The van der Waals surface area contributed by atoms with E-state index in [1.807, 2.05) is 18.2 Å². The Balaban J connectivity index is 1.36. The van der Waals surface area contributed by atoms with Crippen LogP contribution in [0.2, 0.25) is 0 Å². The summed E-state index contributed by atoms with van der Waals surface area (Å²) in [4.78, 5) is 43.9. The lowest BCUT2D eigenvalue weighted by Gasteiger charge is -2.16. The molecule has 5 rings (SSSR count). The molecule has 33 heavy (non-hydrogen) atoms. The lowest BCUT2D eigenvalue weighted by atomic mass is 10.1. The third-order valence-electron chi connectivity index (χ3n) is 5.52. The normalized spacial score (nSPS) is 13.3. The van der Waals surface area contributed by atoms with Gasteiger partial charge in [0.15, 0.2) is 5.76 Å². The number of hydrogen-bond acceptors (Lipinski definition) is 5. The molecule has 1 aliphatic rings. The SMILES string of the molecule is O=C(NNC(=O)c1cc(-c2ccco2)nc2ccccc12)c1cccc(N2CCCC2=O)c1. The maximum atomic E-state index is 13.0. The number of nitrogens with one attached hydrogen (secondary N) is 2. The van der Waals surface area contributed by atoms with Crippen molar-refractivity contribution >= 4 is 34.3 Å². The monoisotopic (exact) mass is 440 g/mol. The van der Waals surface area contributed by atoms with Gasteiger partial charge in [-0.05, 0) is 48.9 Å². The molecule has 8 nitrogen and oxygen atoms in total. The Hall–Kier alpha value is -4.46. The fourth-order valence-electron chi connectivity index (χ4n) is 3.90. The van der Waals surface area contributed by atoms with Gasteiger partial charge in [0.05, 0.1) is 17.3 Å². The molecule has 164 valence electrons. The number of carbonyl (C=O) groups is 3. The van der Waals surface area contributed by atoms with E-state index < -0.39 is 11.8 Å². The van der Waals surface area contributed by atoms with Crippen LogP contribution in [0.3, 0.4) is 0 Å². The van der Waals surface area contributed by atoms with Crippen molar-refractivity contribution in [1.29, 1.82) is 0 Å². The van der Waals surface area contributed by atoms with Gasteiger partial charge in [0.25, 0.3) is 11.8 Å². The van der Waals surface area contributed by atoms with Gasteiger partial charge >= 0.3 is 0 Å². The summed E-state index contributed by atoms with van der Waals surface area (Å²) >= 11 is 0. The molecular formula is C25H20N4O4. The van der Waals surface area contributed by atoms with Crippen LogP contribution in [0.1, 0.15) is 33.6 Å². The number of rotatable bonds is 4. The molecule has 3 amide bonds. The summed E-state index contributed by atoms with van der Waals surface area (Å²) in [5.74, 6) is -0.396. The van der Waals surface area contributed by atoms with Crippen molar-refractivity contribution in [3.8, 4) is 11.5 Å². The van der Waals surface area contributed by atoms with Crippen LogP contribution < -0.4 is 15.8 Å². The van der Waals surface area contributed by atoms with Gasteiger partial charge < -0.3 is 9.32 Å². The smallest absolute Gasteiger partial charge is 0.270 e. The third kappa shape index (κ3) is 4.06. The summed E-state index contributed by atoms with van der Waals surface area (Å²) in [6.45, 7) is 0.633. The third-order valence-corrected chi connectivity index (χ3v) is 5.52.